The number of rotatable bonds is 5. The molecule has 3 N–H and O–H groups in total. The monoisotopic (exact) mass is 302 g/mol. The van der Waals surface area contributed by atoms with E-state index in [1.165, 1.54) is 0 Å². The number of pyridine rings is 1. The number of hydrogen-bond acceptors (Lipinski definition) is 4. The highest BCUT2D eigenvalue weighted by molar-refractivity contribution is 5.76. The number of aromatic nitrogens is 3. The lowest BCUT2D eigenvalue weighted by atomic mass is 10.1. The van der Waals surface area contributed by atoms with Gasteiger partial charge in [-0.25, -0.2) is 4.79 Å². The summed E-state index contributed by atoms with van der Waals surface area (Å²) in [6, 6.07) is 5.29. The lowest BCUT2D eigenvalue weighted by molar-refractivity contribution is -0.121. The Kier molecular flexibility index (Phi) is 4.88. The van der Waals surface area contributed by atoms with Crippen LogP contribution in [0.4, 0.5) is 0 Å². The third-order valence-corrected chi connectivity index (χ3v) is 3.37. The minimum atomic E-state index is -0.542. The van der Waals surface area contributed by atoms with E-state index < -0.39 is 11.2 Å². The van der Waals surface area contributed by atoms with Gasteiger partial charge >= 0.3 is 5.69 Å². The van der Waals surface area contributed by atoms with Gasteiger partial charge in [-0.1, -0.05) is 6.07 Å². The van der Waals surface area contributed by atoms with Crippen LogP contribution in [0.3, 0.4) is 0 Å². The number of carbonyl (C=O) groups excluding carboxylic acids is 1. The largest absolute Gasteiger partial charge is 0.348 e. The van der Waals surface area contributed by atoms with Crippen molar-refractivity contribution in [3.63, 3.8) is 0 Å². The molecule has 1 amide bonds. The highest BCUT2D eigenvalue weighted by Crippen LogP contribution is 2.08. The number of carbonyl (C=O) groups is 1. The van der Waals surface area contributed by atoms with E-state index in [-0.39, 0.29) is 24.8 Å². The Labute approximate surface area is 126 Å². The van der Waals surface area contributed by atoms with Crippen molar-refractivity contribution < 1.29 is 4.79 Å². The van der Waals surface area contributed by atoms with Crippen LogP contribution in [0.15, 0.2) is 34.0 Å². The molecular weight excluding hydrogens is 284 g/mol. The summed E-state index contributed by atoms with van der Waals surface area (Å²) in [7, 11) is 0. The Morgan fingerprint density at radius 1 is 1.32 bits per heavy atom. The molecule has 7 nitrogen and oxygen atoms in total. The smallest absolute Gasteiger partial charge is 0.325 e. The van der Waals surface area contributed by atoms with Crippen molar-refractivity contribution in [3.05, 3.63) is 62.2 Å². The highest BCUT2D eigenvalue weighted by atomic mass is 16.2. The van der Waals surface area contributed by atoms with Gasteiger partial charge in [0, 0.05) is 23.9 Å². The molecule has 2 aromatic heterocycles. The maximum absolute atomic E-state index is 12.0. The van der Waals surface area contributed by atoms with Crippen LogP contribution < -0.4 is 16.6 Å². The Morgan fingerprint density at radius 3 is 2.73 bits per heavy atom. The van der Waals surface area contributed by atoms with Gasteiger partial charge in [-0.3, -0.25) is 19.6 Å². The molecule has 0 fully saturated rings. The average molecular weight is 302 g/mol. The van der Waals surface area contributed by atoms with Crippen LogP contribution in [0, 0.1) is 6.92 Å². The molecule has 2 heterocycles. The minimum absolute atomic E-state index is 0.160. The molecule has 0 radical (unpaired) electrons. The minimum Gasteiger partial charge on any atom is -0.348 e. The predicted octanol–water partition coefficient (Wildman–Crippen LogP) is 0.577. The first-order valence-corrected chi connectivity index (χ1v) is 6.99. The van der Waals surface area contributed by atoms with Gasteiger partial charge < -0.3 is 10.3 Å². The first-order chi connectivity index (χ1) is 10.5. The number of hydrogen-bond donors (Lipinski definition) is 3. The second-order valence-corrected chi connectivity index (χ2v) is 5.06. The number of nitrogens with zero attached hydrogens (tertiary/aromatic N) is 1. The quantitative estimate of drug-likeness (QED) is 0.750. The van der Waals surface area contributed by atoms with Crippen LogP contribution in [0.5, 0.6) is 0 Å². The molecule has 2 rings (SSSR count). The molecule has 7 heteroatoms. The molecule has 116 valence electrons. The second-order valence-electron chi connectivity index (χ2n) is 5.06. The Morgan fingerprint density at radius 2 is 2.09 bits per heavy atom. The van der Waals surface area contributed by atoms with Crippen molar-refractivity contribution >= 4 is 5.91 Å². The van der Waals surface area contributed by atoms with Crippen LogP contribution in [0.25, 0.3) is 0 Å². The van der Waals surface area contributed by atoms with E-state index in [1.807, 2.05) is 25.1 Å². The first kappa shape index (κ1) is 15.7. The summed E-state index contributed by atoms with van der Waals surface area (Å²) in [4.78, 5) is 43.6. The molecule has 1 atom stereocenters. The molecule has 2 aromatic rings. The molecule has 0 aliphatic carbocycles. The zero-order valence-corrected chi connectivity index (χ0v) is 12.5. The van der Waals surface area contributed by atoms with Gasteiger partial charge in [0.15, 0.2) is 0 Å². The van der Waals surface area contributed by atoms with E-state index in [4.69, 9.17) is 0 Å². The van der Waals surface area contributed by atoms with Gasteiger partial charge in [-0.15, -0.1) is 0 Å². The normalized spacial score (nSPS) is 11.9. The molecule has 22 heavy (non-hydrogen) atoms. The summed E-state index contributed by atoms with van der Waals surface area (Å²) < 4.78 is 0. The first-order valence-electron chi connectivity index (χ1n) is 6.99. The maximum Gasteiger partial charge on any atom is 0.325 e. The summed E-state index contributed by atoms with van der Waals surface area (Å²) in [5.74, 6) is -0.178. The SMILES string of the molecule is Cc1[nH]c(=O)[nH]c(=O)c1CCC(=O)N[C@@H](C)c1ccccn1. The molecule has 0 bridgehead atoms. The van der Waals surface area contributed by atoms with E-state index in [0.29, 0.717) is 11.3 Å². The molecule has 0 unspecified atom stereocenters. The number of H-pyrrole nitrogens is 2. The lowest BCUT2D eigenvalue weighted by Crippen LogP contribution is -2.30. The van der Waals surface area contributed by atoms with Crippen molar-refractivity contribution in [2.75, 3.05) is 0 Å². The second kappa shape index (κ2) is 6.84. The van der Waals surface area contributed by atoms with Crippen molar-refractivity contribution in [1.82, 2.24) is 20.3 Å². The Bertz CT molecular complexity index is 764. The number of nitrogens with one attached hydrogen (secondary N) is 3. The molecular formula is C15H18N4O3. The Hall–Kier alpha value is -2.70. The van der Waals surface area contributed by atoms with Gasteiger partial charge in [0.25, 0.3) is 5.56 Å². The van der Waals surface area contributed by atoms with Crippen molar-refractivity contribution in [3.8, 4) is 0 Å². The lowest BCUT2D eigenvalue weighted by Gasteiger charge is -2.13. The zero-order chi connectivity index (χ0) is 16.1. The third kappa shape index (κ3) is 3.91. The fraction of sp³-hybridized carbons (Fsp3) is 0.333. The summed E-state index contributed by atoms with van der Waals surface area (Å²) in [5, 5.41) is 2.83. The molecule has 0 spiro atoms. The van der Waals surface area contributed by atoms with Gasteiger partial charge in [0.2, 0.25) is 5.91 Å². The summed E-state index contributed by atoms with van der Waals surface area (Å²) in [6.07, 6.45) is 2.09. The average Bonchev–Trinajstić information content (AvgIpc) is 2.47. The topological polar surface area (TPSA) is 108 Å². The fourth-order valence-electron chi connectivity index (χ4n) is 2.19. The van der Waals surface area contributed by atoms with Crippen LogP contribution in [-0.4, -0.2) is 20.9 Å². The van der Waals surface area contributed by atoms with Crippen LogP contribution in [-0.2, 0) is 11.2 Å². The van der Waals surface area contributed by atoms with Gasteiger partial charge in [0.05, 0.1) is 11.7 Å². The Balaban J connectivity index is 1.96. The molecule has 0 saturated heterocycles. The fourth-order valence-corrected chi connectivity index (χ4v) is 2.19. The summed E-state index contributed by atoms with van der Waals surface area (Å²) in [5.41, 5.74) is 0.680. The van der Waals surface area contributed by atoms with Gasteiger partial charge in [-0.05, 0) is 32.4 Å². The highest BCUT2D eigenvalue weighted by Gasteiger charge is 2.12. The third-order valence-electron chi connectivity index (χ3n) is 3.37. The van der Waals surface area contributed by atoms with Crippen molar-refractivity contribution in [2.24, 2.45) is 0 Å². The van der Waals surface area contributed by atoms with E-state index in [1.54, 1.807) is 13.1 Å². The summed E-state index contributed by atoms with van der Waals surface area (Å²) >= 11 is 0. The maximum atomic E-state index is 12.0. The van der Waals surface area contributed by atoms with Crippen LogP contribution in [0.2, 0.25) is 0 Å². The van der Waals surface area contributed by atoms with Crippen molar-refractivity contribution in [2.45, 2.75) is 32.7 Å². The predicted molar refractivity (Wildman–Crippen MR) is 81.5 cm³/mol. The molecule has 0 aliphatic rings. The van der Waals surface area contributed by atoms with Crippen LogP contribution >= 0.6 is 0 Å². The standard InChI is InChI=1S/C15H18N4O3/c1-9-11(14(21)19-15(22)18-9)6-7-13(20)17-10(2)12-5-3-4-8-16-12/h3-5,8,10H,6-7H2,1-2H3,(H,17,20)(H2,18,19,21,22)/t10-/m0/s1. The number of aromatic amines is 2. The van der Waals surface area contributed by atoms with Crippen molar-refractivity contribution in [1.29, 1.82) is 0 Å². The van der Waals surface area contributed by atoms with Gasteiger partial charge in [-0.2, -0.15) is 0 Å². The number of amides is 1. The molecule has 0 aliphatic heterocycles. The molecule has 0 aromatic carbocycles. The van der Waals surface area contributed by atoms with E-state index >= 15 is 0 Å². The van der Waals surface area contributed by atoms with E-state index in [0.717, 1.165) is 5.69 Å². The van der Waals surface area contributed by atoms with E-state index in [9.17, 15) is 14.4 Å². The van der Waals surface area contributed by atoms with Crippen LogP contribution in [0.1, 0.15) is 36.3 Å². The number of aryl methyl sites for hydroxylation is 1. The zero-order valence-electron chi connectivity index (χ0n) is 12.5. The summed E-state index contributed by atoms with van der Waals surface area (Å²) in [6.45, 7) is 3.48. The van der Waals surface area contributed by atoms with Gasteiger partial charge in [0.1, 0.15) is 0 Å². The van der Waals surface area contributed by atoms with E-state index in [2.05, 4.69) is 20.3 Å². The molecule has 0 saturated carbocycles.